The Kier molecular flexibility index (Phi) is 3.88. The van der Waals surface area contributed by atoms with Gasteiger partial charge in [-0.05, 0) is 80.7 Å². The van der Waals surface area contributed by atoms with Crippen LogP contribution in [0.25, 0.3) is 16.9 Å². The van der Waals surface area contributed by atoms with Gasteiger partial charge in [-0.25, -0.2) is 18.7 Å². The Hall–Kier alpha value is -2.96. The number of nitrogens with zero attached hydrogens (tertiary/aromatic N) is 4. The van der Waals surface area contributed by atoms with Gasteiger partial charge in [0.15, 0.2) is 5.82 Å². The van der Waals surface area contributed by atoms with E-state index in [1.54, 1.807) is 16.8 Å². The number of carbonyl (C=O) groups is 1. The highest BCUT2D eigenvalue weighted by Crippen LogP contribution is 2.50. The molecule has 7 heteroatoms. The number of rotatable bonds is 3. The van der Waals surface area contributed by atoms with Crippen molar-refractivity contribution >= 4 is 17.2 Å². The van der Waals surface area contributed by atoms with Crippen LogP contribution < -0.4 is 5.32 Å². The third-order valence-electron chi connectivity index (χ3n) is 7.08. The molecule has 30 heavy (non-hydrogen) atoms. The summed E-state index contributed by atoms with van der Waals surface area (Å²) in [5.41, 5.74) is 2.51. The topological polar surface area (TPSA) is 62.5 Å². The summed E-state index contributed by atoms with van der Waals surface area (Å²) in [6.07, 6.45) is 9.57. The SMILES string of the molecule is Cc1cc(F)c(NC(=O)N2C3CC(C4CC4)C[C@@H]2C3)cc1-c1ncc2cccn2n1. The molecule has 2 unspecified atom stereocenters. The number of anilines is 1. The van der Waals surface area contributed by atoms with Crippen molar-refractivity contribution in [2.45, 2.75) is 51.1 Å². The third-order valence-corrected chi connectivity index (χ3v) is 7.08. The quantitative estimate of drug-likeness (QED) is 0.691. The van der Waals surface area contributed by atoms with Crippen LogP contribution in [0.2, 0.25) is 0 Å². The molecule has 2 aliphatic heterocycles. The Morgan fingerprint density at radius 3 is 2.73 bits per heavy atom. The molecule has 4 heterocycles. The molecular formula is C23H24FN5O. The van der Waals surface area contributed by atoms with Gasteiger partial charge in [-0.2, -0.15) is 0 Å². The lowest BCUT2D eigenvalue weighted by Gasteiger charge is -2.55. The molecule has 154 valence electrons. The first-order chi connectivity index (χ1) is 14.6. The molecule has 7 rings (SSSR count). The van der Waals surface area contributed by atoms with Crippen LogP contribution in [0.3, 0.4) is 0 Å². The van der Waals surface area contributed by atoms with Crippen LogP contribution in [-0.4, -0.2) is 37.6 Å². The van der Waals surface area contributed by atoms with Crippen LogP contribution in [0, 0.1) is 24.6 Å². The first kappa shape index (κ1) is 17.9. The number of urea groups is 1. The Bertz CT molecular complexity index is 1140. The molecule has 2 saturated carbocycles. The zero-order valence-corrected chi connectivity index (χ0v) is 16.9. The summed E-state index contributed by atoms with van der Waals surface area (Å²) in [6.45, 7) is 1.82. The zero-order chi connectivity index (χ0) is 20.4. The molecule has 1 aromatic carbocycles. The second-order valence-electron chi connectivity index (χ2n) is 9.06. The lowest BCUT2D eigenvalue weighted by Crippen LogP contribution is -2.64. The maximum Gasteiger partial charge on any atom is 0.322 e. The Morgan fingerprint density at radius 2 is 1.97 bits per heavy atom. The van der Waals surface area contributed by atoms with Crippen LogP contribution in [0.15, 0.2) is 36.7 Å². The Morgan fingerprint density at radius 1 is 1.17 bits per heavy atom. The van der Waals surface area contributed by atoms with Gasteiger partial charge < -0.3 is 10.2 Å². The predicted octanol–water partition coefficient (Wildman–Crippen LogP) is 4.64. The number of benzene rings is 1. The van der Waals surface area contributed by atoms with Crippen molar-refractivity contribution in [1.82, 2.24) is 19.5 Å². The monoisotopic (exact) mass is 405 g/mol. The number of hydrogen-bond acceptors (Lipinski definition) is 3. The van der Waals surface area contributed by atoms with Crippen molar-refractivity contribution in [3.8, 4) is 11.4 Å². The Labute approximate surface area is 174 Å². The number of aryl methyl sites for hydroxylation is 1. The highest BCUT2D eigenvalue weighted by atomic mass is 19.1. The maximum atomic E-state index is 14.7. The van der Waals surface area contributed by atoms with Crippen molar-refractivity contribution < 1.29 is 9.18 Å². The van der Waals surface area contributed by atoms with E-state index in [4.69, 9.17) is 0 Å². The van der Waals surface area contributed by atoms with Gasteiger partial charge in [0.1, 0.15) is 5.82 Å². The van der Waals surface area contributed by atoms with Crippen LogP contribution in [-0.2, 0) is 0 Å². The van der Waals surface area contributed by atoms with Gasteiger partial charge in [-0.1, -0.05) is 0 Å². The lowest BCUT2D eigenvalue weighted by atomic mass is 9.72. The van der Waals surface area contributed by atoms with Crippen molar-refractivity contribution in [2.75, 3.05) is 5.32 Å². The third kappa shape index (κ3) is 2.87. The second-order valence-corrected chi connectivity index (χ2v) is 9.06. The van der Waals surface area contributed by atoms with Crippen LogP contribution >= 0.6 is 0 Å². The fourth-order valence-corrected chi connectivity index (χ4v) is 5.35. The maximum absolute atomic E-state index is 14.7. The normalized spacial score (nSPS) is 25.3. The molecule has 2 aliphatic carbocycles. The fourth-order valence-electron chi connectivity index (χ4n) is 5.35. The molecule has 0 spiro atoms. The average Bonchev–Trinajstić information content (AvgIpc) is 3.47. The smallest absolute Gasteiger partial charge is 0.318 e. The van der Waals surface area contributed by atoms with E-state index < -0.39 is 5.82 Å². The predicted molar refractivity (Wildman–Crippen MR) is 112 cm³/mol. The highest BCUT2D eigenvalue weighted by molar-refractivity contribution is 5.91. The average molecular weight is 405 g/mol. The summed E-state index contributed by atoms with van der Waals surface area (Å²) in [5.74, 6) is 1.73. The number of fused-ring (bicyclic) bond motifs is 3. The van der Waals surface area contributed by atoms with E-state index in [0.717, 1.165) is 42.2 Å². The summed E-state index contributed by atoms with van der Waals surface area (Å²) in [6, 6.07) is 7.33. The lowest BCUT2D eigenvalue weighted by molar-refractivity contribution is -0.0157. The number of amides is 2. The number of nitrogens with one attached hydrogen (secondary N) is 1. The minimum Gasteiger partial charge on any atom is -0.318 e. The summed E-state index contributed by atoms with van der Waals surface area (Å²) in [4.78, 5) is 19.3. The minimum atomic E-state index is -0.437. The van der Waals surface area contributed by atoms with Crippen LogP contribution in [0.4, 0.5) is 14.9 Å². The van der Waals surface area contributed by atoms with Gasteiger partial charge in [0.05, 0.1) is 17.4 Å². The Balaban J connectivity index is 1.25. The second kappa shape index (κ2) is 6.52. The molecule has 0 radical (unpaired) electrons. The number of carbonyl (C=O) groups excluding carboxylic acids is 1. The van der Waals surface area contributed by atoms with Gasteiger partial charge in [0.25, 0.3) is 0 Å². The first-order valence-corrected chi connectivity index (χ1v) is 10.8. The van der Waals surface area contributed by atoms with E-state index in [-0.39, 0.29) is 11.7 Å². The molecule has 2 amide bonds. The largest absolute Gasteiger partial charge is 0.322 e. The standard InChI is InChI=1S/C23H24FN5O/c1-13-7-20(24)21(11-19(13)22-25-12-16-3-2-6-28(16)27-22)26-23(30)29-17-8-15(14-4-5-14)9-18(29)10-17/h2-3,6-7,11-12,14-15,17-18H,4-5,8-10H2,1H3,(H,26,30)/t15?,17-,18?/m1/s1. The summed E-state index contributed by atoms with van der Waals surface area (Å²) in [7, 11) is 0. The van der Waals surface area contributed by atoms with E-state index in [9.17, 15) is 9.18 Å². The molecule has 3 atom stereocenters. The van der Waals surface area contributed by atoms with Crippen molar-refractivity contribution in [1.29, 1.82) is 0 Å². The molecule has 3 aromatic rings. The zero-order valence-electron chi connectivity index (χ0n) is 16.9. The van der Waals surface area contributed by atoms with Crippen molar-refractivity contribution in [2.24, 2.45) is 11.8 Å². The van der Waals surface area contributed by atoms with E-state index in [0.29, 0.717) is 23.5 Å². The molecule has 4 aliphatic rings. The highest BCUT2D eigenvalue weighted by Gasteiger charge is 2.50. The summed E-state index contributed by atoms with van der Waals surface area (Å²) >= 11 is 0. The van der Waals surface area contributed by atoms with Crippen LogP contribution in [0.5, 0.6) is 0 Å². The van der Waals surface area contributed by atoms with E-state index in [2.05, 4.69) is 15.4 Å². The molecule has 4 fully saturated rings. The van der Waals surface area contributed by atoms with Gasteiger partial charge in [-0.15, -0.1) is 5.10 Å². The fraction of sp³-hybridized carbons (Fsp3) is 0.435. The molecule has 1 N–H and O–H groups in total. The van der Waals surface area contributed by atoms with Gasteiger partial charge >= 0.3 is 6.03 Å². The van der Waals surface area contributed by atoms with E-state index in [1.807, 2.05) is 30.2 Å². The molecule has 2 saturated heterocycles. The van der Waals surface area contributed by atoms with E-state index in [1.165, 1.54) is 18.9 Å². The number of hydrogen-bond donors (Lipinski definition) is 1. The number of halogens is 1. The number of piperidine rings is 1. The van der Waals surface area contributed by atoms with Gasteiger partial charge in [0.2, 0.25) is 0 Å². The number of aromatic nitrogens is 3. The minimum absolute atomic E-state index is 0.181. The summed E-state index contributed by atoms with van der Waals surface area (Å²) in [5, 5.41) is 7.34. The first-order valence-electron chi connectivity index (χ1n) is 10.8. The summed E-state index contributed by atoms with van der Waals surface area (Å²) < 4.78 is 16.4. The van der Waals surface area contributed by atoms with Gasteiger partial charge in [-0.3, -0.25) is 0 Å². The van der Waals surface area contributed by atoms with Crippen molar-refractivity contribution in [3.63, 3.8) is 0 Å². The molecular weight excluding hydrogens is 381 g/mol. The van der Waals surface area contributed by atoms with Crippen LogP contribution in [0.1, 0.15) is 37.7 Å². The molecule has 2 aromatic heterocycles. The van der Waals surface area contributed by atoms with Gasteiger partial charge in [0, 0.05) is 23.8 Å². The molecule has 2 bridgehead atoms. The van der Waals surface area contributed by atoms with Crippen molar-refractivity contribution in [3.05, 3.63) is 48.0 Å². The van der Waals surface area contributed by atoms with E-state index >= 15 is 0 Å². The molecule has 6 nitrogen and oxygen atoms in total.